The number of carbonyl (C=O) groups is 3. The fraction of sp³-hybridized carbons (Fsp3) is 0.741. The minimum atomic E-state index is -0.334. The number of rotatable bonds is 5. The Bertz CT molecular complexity index is 894. The lowest BCUT2D eigenvalue weighted by atomic mass is 9.43. The van der Waals surface area contributed by atoms with Gasteiger partial charge in [-0.3, -0.25) is 9.59 Å². The summed E-state index contributed by atoms with van der Waals surface area (Å²) in [7, 11) is 0. The first-order valence-corrected chi connectivity index (χ1v) is 12.3. The highest BCUT2D eigenvalue weighted by Gasteiger charge is 2.63. The van der Waals surface area contributed by atoms with Crippen molar-refractivity contribution in [2.24, 2.45) is 34.5 Å². The van der Waals surface area contributed by atoms with Crippen LogP contribution >= 0.6 is 0 Å². The van der Waals surface area contributed by atoms with Crippen molar-refractivity contribution < 1.29 is 28.6 Å². The number of esters is 2. The van der Waals surface area contributed by atoms with E-state index in [-0.39, 0.29) is 71.0 Å². The van der Waals surface area contributed by atoms with Gasteiger partial charge in [-0.25, -0.2) is 4.79 Å². The number of hydrogen-bond acceptors (Lipinski definition) is 6. The molecule has 3 aliphatic carbocycles. The Balaban J connectivity index is 1.62. The first-order chi connectivity index (χ1) is 15.5. The molecule has 0 aromatic rings. The quantitative estimate of drug-likeness (QED) is 0.345. The summed E-state index contributed by atoms with van der Waals surface area (Å²) in [6.45, 7) is 12.6. The summed E-state index contributed by atoms with van der Waals surface area (Å²) in [5.74, 6) is 0.0895. The zero-order chi connectivity index (χ0) is 24.1. The van der Waals surface area contributed by atoms with Gasteiger partial charge in [-0.1, -0.05) is 26.8 Å². The number of hydrogen-bond donors (Lipinski definition) is 0. The first kappa shape index (κ1) is 24.2. The second-order valence-corrected chi connectivity index (χ2v) is 11.3. The van der Waals surface area contributed by atoms with Crippen molar-refractivity contribution in [3.8, 4) is 0 Å². The fourth-order valence-electron chi connectivity index (χ4n) is 7.37. The van der Waals surface area contributed by atoms with Gasteiger partial charge in [-0.05, 0) is 68.4 Å². The Hall–Kier alpha value is -1.95. The molecule has 2 saturated carbocycles. The van der Waals surface area contributed by atoms with Gasteiger partial charge in [0.1, 0.15) is 12.7 Å². The van der Waals surface area contributed by atoms with Crippen LogP contribution in [-0.4, -0.2) is 43.1 Å². The van der Waals surface area contributed by atoms with Gasteiger partial charge in [0, 0.05) is 29.7 Å². The van der Waals surface area contributed by atoms with Gasteiger partial charge < -0.3 is 14.2 Å². The van der Waals surface area contributed by atoms with E-state index < -0.39 is 0 Å². The SMILES string of the molecule is CC=C(C)C(=O)OC1CCC2(C)C3C(=O)C=C(COC(C)=O)C(C4CO4)C3CCC2C1(C)C. The van der Waals surface area contributed by atoms with Crippen molar-refractivity contribution in [1.82, 2.24) is 0 Å². The van der Waals surface area contributed by atoms with Crippen LogP contribution in [0.25, 0.3) is 0 Å². The zero-order valence-electron chi connectivity index (χ0n) is 20.8. The Kier molecular flexibility index (Phi) is 6.36. The maximum absolute atomic E-state index is 13.6. The van der Waals surface area contributed by atoms with Crippen LogP contribution in [0.15, 0.2) is 23.3 Å². The summed E-state index contributed by atoms with van der Waals surface area (Å²) in [5, 5.41) is 0. The van der Waals surface area contributed by atoms with Crippen LogP contribution in [0.1, 0.15) is 67.2 Å². The van der Waals surface area contributed by atoms with Gasteiger partial charge in [-0.15, -0.1) is 0 Å². The summed E-state index contributed by atoms with van der Waals surface area (Å²) in [4.78, 5) is 37.5. The van der Waals surface area contributed by atoms with E-state index in [1.54, 1.807) is 19.1 Å². The van der Waals surface area contributed by atoms with Crippen molar-refractivity contribution in [1.29, 1.82) is 0 Å². The molecule has 3 fully saturated rings. The molecule has 0 aromatic heterocycles. The minimum absolute atomic E-state index is 0.0836. The average molecular weight is 459 g/mol. The molecule has 0 radical (unpaired) electrons. The predicted molar refractivity (Wildman–Crippen MR) is 123 cm³/mol. The van der Waals surface area contributed by atoms with Gasteiger partial charge in [0.2, 0.25) is 0 Å². The van der Waals surface area contributed by atoms with E-state index >= 15 is 0 Å². The molecule has 6 nitrogen and oxygen atoms in total. The van der Waals surface area contributed by atoms with Crippen LogP contribution in [0.2, 0.25) is 0 Å². The Labute approximate surface area is 197 Å². The molecule has 4 aliphatic rings. The minimum Gasteiger partial charge on any atom is -0.461 e. The van der Waals surface area contributed by atoms with Crippen molar-refractivity contribution in [3.05, 3.63) is 23.3 Å². The smallest absolute Gasteiger partial charge is 0.333 e. The molecule has 0 N–H and O–H groups in total. The molecule has 33 heavy (non-hydrogen) atoms. The maximum Gasteiger partial charge on any atom is 0.333 e. The van der Waals surface area contributed by atoms with E-state index in [4.69, 9.17) is 14.2 Å². The lowest BCUT2D eigenvalue weighted by Crippen LogP contribution is -2.60. The number of ether oxygens (including phenoxy) is 3. The molecule has 1 saturated heterocycles. The number of ketones is 1. The fourth-order valence-corrected chi connectivity index (χ4v) is 7.37. The summed E-state index contributed by atoms with van der Waals surface area (Å²) < 4.78 is 17.0. The number of carbonyl (C=O) groups excluding carboxylic acids is 3. The molecule has 7 atom stereocenters. The van der Waals surface area contributed by atoms with Crippen LogP contribution in [0.4, 0.5) is 0 Å². The topological polar surface area (TPSA) is 82.2 Å². The van der Waals surface area contributed by atoms with Crippen LogP contribution in [0.3, 0.4) is 0 Å². The Morgan fingerprint density at radius 2 is 1.88 bits per heavy atom. The van der Waals surface area contributed by atoms with E-state index in [1.807, 2.05) is 6.92 Å². The van der Waals surface area contributed by atoms with Gasteiger partial charge in [0.15, 0.2) is 5.78 Å². The van der Waals surface area contributed by atoms with Crippen LogP contribution in [0.5, 0.6) is 0 Å². The standard InChI is InChI=1S/C27H38O6/c1-7-15(2)25(30)33-22-10-11-27(6)21(26(22,4)5)9-8-18-23(20-14-32-20)17(13-31-16(3)28)12-19(29)24(18)27/h7,12,18,20-24H,8-11,13-14H2,1-6H3. The highest BCUT2D eigenvalue weighted by Crippen LogP contribution is 2.64. The normalized spacial score (nSPS) is 39.6. The molecule has 0 aromatic carbocycles. The summed E-state index contributed by atoms with van der Waals surface area (Å²) in [6, 6.07) is 0. The molecule has 1 aliphatic heterocycles. The molecule has 1 heterocycles. The van der Waals surface area contributed by atoms with Gasteiger partial charge in [0.25, 0.3) is 0 Å². The molecule has 0 bridgehead atoms. The Morgan fingerprint density at radius 3 is 2.48 bits per heavy atom. The molecule has 7 unspecified atom stereocenters. The van der Waals surface area contributed by atoms with E-state index in [0.29, 0.717) is 12.2 Å². The van der Waals surface area contributed by atoms with Gasteiger partial charge in [-0.2, -0.15) is 0 Å². The third-order valence-electron chi connectivity index (χ3n) is 9.13. The van der Waals surface area contributed by atoms with Crippen molar-refractivity contribution >= 4 is 17.7 Å². The van der Waals surface area contributed by atoms with E-state index in [9.17, 15) is 14.4 Å². The highest BCUT2D eigenvalue weighted by molar-refractivity contribution is 5.94. The molecule has 182 valence electrons. The predicted octanol–water partition coefficient (Wildman–Crippen LogP) is 4.42. The molecule has 0 amide bonds. The van der Waals surface area contributed by atoms with E-state index in [2.05, 4.69) is 20.8 Å². The lowest BCUT2D eigenvalue weighted by molar-refractivity contribution is -0.185. The third kappa shape index (κ3) is 4.20. The van der Waals surface area contributed by atoms with E-state index in [1.165, 1.54) is 6.92 Å². The van der Waals surface area contributed by atoms with Crippen molar-refractivity contribution in [3.63, 3.8) is 0 Å². The van der Waals surface area contributed by atoms with Gasteiger partial charge in [0.05, 0.1) is 12.7 Å². The number of allylic oxidation sites excluding steroid dienone is 2. The van der Waals surface area contributed by atoms with Crippen LogP contribution in [-0.2, 0) is 28.6 Å². The largest absolute Gasteiger partial charge is 0.461 e. The second kappa shape index (κ2) is 8.68. The van der Waals surface area contributed by atoms with Crippen molar-refractivity contribution in [2.75, 3.05) is 13.2 Å². The number of epoxide rings is 1. The summed E-state index contributed by atoms with van der Waals surface area (Å²) in [5.41, 5.74) is 1.14. The van der Waals surface area contributed by atoms with Crippen molar-refractivity contribution in [2.45, 2.75) is 79.4 Å². The molecular weight excluding hydrogens is 420 g/mol. The first-order valence-electron chi connectivity index (χ1n) is 12.3. The monoisotopic (exact) mass is 458 g/mol. The summed E-state index contributed by atoms with van der Waals surface area (Å²) in [6.07, 6.45) is 7.01. The molecular formula is C27H38O6. The van der Waals surface area contributed by atoms with Crippen LogP contribution < -0.4 is 0 Å². The average Bonchev–Trinajstić information content (AvgIpc) is 3.58. The van der Waals surface area contributed by atoms with Gasteiger partial charge >= 0.3 is 11.9 Å². The van der Waals surface area contributed by atoms with Crippen LogP contribution in [0, 0.1) is 34.5 Å². The molecule has 0 spiro atoms. The second-order valence-electron chi connectivity index (χ2n) is 11.3. The Morgan fingerprint density at radius 1 is 1.18 bits per heavy atom. The van der Waals surface area contributed by atoms with E-state index in [0.717, 1.165) is 31.3 Å². The number of fused-ring (bicyclic) bond motifs is 3. The maximum atomic E-state index is 13.6. The zero-order valence-corrected chi connectivity index (χ0v) is 20.8. The summed E-state index contributed by atoms with van der Waals surface area (Å²) >= 11 is 0. The lowest BCUT2D eigenvalue weighted by Gasteiger charge is -2.62. The highest BCUT2D eigenvalue weighted by atomic mass is 16.6. The molecule has 6 heteroatoms. The third-order valence-corrected chi connectivity index (χ3v) is 9.13. The molecule has 4 rings (SSSR count).